The van der Waals surface area contributed by atoms with Crippen LogP contribution in [0.4, 0.5) is 9.18 Å². The van der Waals surface area contributed by atoms with Crippen molar-refractivity contribution in [1.29, 1.82) is 0 Å². The van der Waals surface area contributed by atoms with Crippen molar-refractivity contribution in [2.24, 2.45) is 11.8 Å². The van der Waals surface area contributed by atoms with Crippen molar-refractivity contribution in [3.63, 3.8) is 0 Å². The molecule has 3 heterocycles. The highest BCUT2D eigenvalue weighted by atomic mass is 32.1. The third kappa shape index (κ3) is 4.59. The Labute approximate surface area is 193 Å². The van der Waals surface area contributed by atoms with Crippen LogP contribution >= 0.6 is 11.3 Å². The minimum atomic E-state index is -1.01. The maximum atomic E-state index is 13.9. The smallest absolute Gasteiger partial charge is 0.322 e. The van der Waals surface area contributed by atoms with Crippen molar-refractivity contribution in [2.45, 2.75) is 52.1 Å². The number of aryl methyl sites for hydroxylation is 1. The van der Waals surface area contributed by atoms with E-state index >= 15 is 0 Å². The van der Waals surface area contributed by atoms with Gasteiger partial charge in [0.2, 0.25) is 0 Å². The number of urea groups is 1. The molecule has 0 radical (unpaired) electrons. The Balaban J connectivity index is 1.55. The second-order valence-corrected chi connectivity index (χ2v) is 10.6. The number of nitrogens with zero attached hydrogens (tertiary/aromatic N) is 2. The van der Waals surface area contributed by atoms with Gasteiger partial charge in [-0.2, -0.15) is 0 Å². The number of amides is 3. The highest BCUT2D eigenvalue weighted by Gasteiger charge is 2.55. The molecule has 0 saturated carbocycles. The van der Waals surface area contributed by atoms with E-state index in [1.165, 1.54) is 27.5 Å². The van der Waals surface area contributed by atoms with Crippen LogP contribution in [-0.2, 0) is 17.8 Å². The number of hydrogen-bond acceptors (Lipinski definition) is 4. The minimum Gasteiger partial charge on any atom is -0.322 e. The molecule has 0 bridgehead atoms. The lowest BCUT2D eigenvalue weighted by Crippen LogP contribution is -2.57. The minimum absolute atomic E-state index is 0.0139. The molecular formula is C25H32FN3O2S. The summed E-state index contributed by atoms with van der Waals surface area (Å²) in [5.41, 5.74) is 1.05. The fraction of sp³-hybridized carbons (Fsp3) is 0.520. The van der Waals surface area contributed by atoms with E-state index in [0.29, 0.717) is 13.0 Å². The normalized spacial score (nSPS) is 22.7. The second kappa shape index (κ2) is 9.32. The fourth-order valence-electron chi connectivity index (χ4n) is 5.04. The van der Waals surface area contributed by atoms with Gasteiger partial charge in [-0.25, -0.2) is 9.18 Å². The van der Waals surface area contributed by atoms with Crippen LogP contribution in [0.25, 0.3) is 0 Å². The molecule has 1 atom stereocenters. The van der Waals surface area contributed by atoms with Crippen molar-refractivity contribution in [3.05, 3.63) is 57.5 Å². The van der Waals surface area contributed by atoms with E-state index in [0.717, 1.165) is 38.0 Å². The largest absolute Gasteiger partial charge is 0.325 e. The molecule has 0 unspecified atom stereocenters. The Morgan fingerprint density at radius 2 is 1.97 bits per heavy atom. The SMILES string of the molecule is Cc1ccsc1CN1CCC([C@]2(Cc3cccc(F)c3)NC(=O)N(CC(C)C)C2=O)CC1. The van der Waals surface area contributed by atoms with Crippen molar-refractivity contribution in [1.82, 2.24) is 15.1 Å². The molecule has 1 N–H and O–H groups in total. The van der Waals surface area contributed by atoms with Crippen LogP contribution in [0, 0.1) is 24.6 Å². The van der Waals surface area contributed by atoms with Crippen molar-refractivity contribution < 1.29 is 14.0 Å². The van der Waals surface area contributed by atoms with Crippen LogP contribution in [-0.4, -0.2) is 46.9 Å². The van der Waals surface area contributed by atoms with Crippen LogP contribution in [0.1, 0.15) is 42.7 Å². The molecular weight excluding hydrogens is 425 g/mol. The van der Waals surface area contributed by atoms with Gasteiger partial charge in [0.05, 0.1) is 0 Å². The number of hydrogen-bond donors (Lipinski definition) is 1. The molecule has 2 saturated heterocycles. The summed E-state index contributed by atoms with van der Waals surface area (Å²) in [4.78, 5) is 31.7. The lowest BCUT2D eigenvalue weighted by Gasteiger charge is -2.41. The first-order valence-corrected chi connectivity index (χ1v) is 12.3. The van der Waals surface area contributed by atoms with Gasteiger partial charge in [-0.1, -0.05) is 26.0 Å². The van der Waals surface area contributed by atoms with Gasteiger partial charge in [0.1, 0.15) is 11.4 Å². The number of likely N-dealkylation sites (tertiary alicyclic amines) is 1. The zero-order valence-electron chi connectivity index (χ0n) is 19.1. The average molecular weight is 458 g/mol. The molecule has 1 aromatic heterocycles. The summed E-state index contributed by atoms with van der Waals surface area (Å²) in [6.45, 7) is 9.21. The molecule has 3 amide bonds. The van der Waals surface area contributed by atoms with Gasteiger partial charge >= 0.3 is 6.03 Å². The number of thiophene rings is 1. The van der Waals surface area contributed by atoms with Gasteiger partial charge in [0.25, 0.3) is 5.91 Å². The summed E-state index contributed by atoms with van der Waals surface area (Å²) < 4.78 is 13.9. The summed E-state index contributed by atoms with van der Waals surface area (Å²) >= 11 is 1.78. The Kier molecular flexibility index (Phi) is 6.67. The summed E-state index contributed by atoms with van der Waals surface area (Å²) in [5, 5.41) is 5.20. The summed E-state index contributed by atoms with van der Waals surface area (Å²) in [7, 11) is 0. The van der Waals surface area contributed by atoms with E-state index in [1.54, 1.807) is 17.4 Å². The molecule has 32 heavy (non-hydrogen) atoms. The summed E-state index contributed by atoms with van der Waals surface area (Å²) in [5.74, 6) is -0.284. The topological polar surface area (TPSA) is 52.7 Å². The van der Waals surface area contributed by atoms with Gasteiger partial charge in [-0.05, 0) is 79.4 Å². The number of carbonyl (C=O) groups excluding carboxylic acids is 2. The van der Waals surface area contributed by atoms with Crippen LogP contribution < -0.4 is 5.32 Å². The molecule has 1 aromatic carbocycles. The Morgan fingerprint density at radius 3 is 2.59 bits per heavy atom. The molecule has 0 spiro atoms. The number of imide groups is 1. The molecule has 5 nitrogen and oxygen atoms in total. The van der Waals surface area contributed by atoms with E-state index in [1.807, 2.05) is 19.9 Å². The second-order valence-electron chi connectivity index (χ2n) is 9.60. The van der Waals surface area contributed by atoms with E-state index in [4.69, 9.17) is 0 Å². The molecule has 7 heteroatoms. The Morgan fingerprint density at radius 1 is 1.22 bits per heavy atom. The highest BCUT2D eigenvalue weighted by molar-refractivity contribution is 7.10. The van der Waals surface area contributed by atoms with Crippen LogP contribution in [0.2, 0.25) is 0 Å². The highest BCUT2D eigenvalue weighted by Crippen LogP contribution is 2.37. The van der Waals surface area contributed by atoms with E-state index < -0.39 is 5.54 Å². The molecule has 4 rings (SSSR count). The predicted octanol–water partition coefficient (Wildman–Crippen LogP) is 4.60. The number of rotatable bonds is 7. The number of nitrogens with one attached hydrogen (secondary N) is 1. The van der Waals surface area contributed by atoms with Crippen LogP contribution in [0.3, 0.4) is 0 Å². The number of benzene rings is 1. The monoisotopic (exact) mass is 457 g/mol. The van der Waals surface area contributed by atoms with Gasteiger partial charge in [-0.15, -0.1) is 11.3 Å². The summed E-state index contributed by atoms with van der Waals surface area (Å²) in [6, 6.07) is 8.21. The molecule has 2 fully saturated rings. The van der Waals surface area contributed by atoms with Crippen molar-refractivity contribution in [3.8, 4) is 0 Å². The van der Waals surface area contributed by atoms with Crippen LogP contribution in [0.15, 0.2) is 35.7 Å². The number of halogens is 1. The van der Waals surface area contributed by atoms with Gasteiger partial charge in [0, 0.05) is 24.4 Å². The first-order valence-electron chi connectivity index (χ1n) is 11.4. The van der Waals surface area contributed by atoms with E-state index in [9.17, 15) is 14.0 Å². The molecule has 172 valence electrons. The van der Waals surface area contributed by atoms with E-state index in [-0.39, 0.29) is 29.6 Å². The Bertz CT molecular complexity index is 983. The molecule has 0 aliphatic carbocycles. The lowest BCUT2D eigenvalue weighted by molar-refractivity contribution is -0.134. The Hall–Kier alpha value is -2.25. The van der Waals surface area contributed by atoms with Gasteiger partial charge in [0.15, 0.2) is 0 Å². The maximum absolute atomic E-state index is 13.9. The standard InChI is InChI=1S/C25H32FN3O2S/c1-17(2)15-29-23(30)25(27-24(29)31,14-19-5-4-6-21(26)13-19)20-7-10-28(11-8-20)16-22-18(3)9-12-32-22/h4-6,9,12-13,17,20H,7-8,10-11,14-16H2,1-3H3,(H,27,31)/t25-/m0/s1. The van der Waals surface area contributed by atoms with E-state index in [2.05, 4.69) is 28.6 Å². The zero-order chi connectivity index (χ0) is 22.9. The quantitative estimate of drug-likeness (QED) is 0.619. The van der Waals surface area contributed by atoms with Gasteiger partial charge in [-0.3, -0.25) is 14.6 Å². The first-order chi connectivity index (χ1) is 15.3. The molecule has 2 aliphatic rings. The van der Waals surface area contributed by atoms with Crippen molar-refractivity contribution >= 4 is 23.3 Å². The average Bonchev–Trinajstić information content (AvgIpc) is 3.25. The fourth-order valence-corrected chi connectivity index (χ4v) is 5.99. The number of piperidine rings is 1. The summed E-state index contributed by atoms with van der Waals surface area (Å²) in [6.07, 6.45) is 1.96. The number of carbonyl (C=O) groups is 2. The van der Waals surface area contributed by atoms with Crippen molar-refractivity contribution in [2.75, 3.05) is 19.6 Å². The molecule has 2 aromatic rings. The third-order valence-electron chi connectivity index (χ3n) is 6.74. The lowest BCUT2D eigenvalue weighted by atomic mass is 9.74. The first kappa shape index (κ1) is 22.9. The predicted molar refractivity (Wildman–Crippen MR) is 125 cm³/mol. The zero-order valence-corrected chi connectivity index (χ0v) is 19.9. The van der Waals surface area contributed by atoms with Crippen LogP contribution in [0.5, 0.6) is 0 Å². The maximum Gasteiger partial charge on any atom is 0.325 e. The van der Waals surface area contributed by atoms with Gasteiger partial charge < -0.3 is 5.32 Å². The molecule has 2 aliphatic heterocycles. The third-order valence-corrected chi connectivity index (χ3v) is 7.75.